The molecular weight excluding hydrogens is 218 g/mol. The molecular formula is C11H17N5O. The Balaban J connectivity index is 2.36. The van der Waals surface area contributed by atoms with Crippen molar-refractivity contribution in [1.82, 2.24) is 14.9 Å². The second kappa shape index (κ2) is 3.87. The summed E-state index contributed by atoms with van der Waals surface area (Å²) in [6.07, 6.45) is 3.13. The van der Waals surface area contributed by atoms with Crippen LogP contribution in [0.1, 0.15) is 13.8 Å². The van der Waals surface area contributed by atoms with E-state index in [0.717, 1.165) is 6.54 Å². The van der Waals surface area contributed by atoms with Gasteiger partial charge < -0.3 is 15.5 Å². The molecule has 1 fully saturated rings. The number of hydrogen-bond donors (Lipinski definition) is 1. The molecule has 0 unspecified atom stereocenters. The van der Waals surface area contributed by atoms with E-state index < -0.39 is 5.54 Å². The van der Waals surface area contributed by atoms with E-state index in [0.29, 0.717) is 18.2 Å². The van der Waals surface area contributed by atoms with Crippen LogP contribution in [0.5, 0.6) is 0 Å². The lowest BCUT2D eigenvalue weighted by Gasteiger charge is -2.45. The molecule has 1 saturated heterocycles. The summed E-state index contributed by atoms with van der Waals surface area (Å²) >= 11 is 0. The highest BCUT2D eigenvalue weighted by Crippen LogP contribution is 2.26. The van der Waals surface area contributed by atoms with Gasteiger partial charge in [0.1, 0.15) is 17.2 Å². The fourth-order valence-electron chi connectivity index (χ4n) is 2.11. The topological polar surface area (TPSA) is 75.3 Å². The number of piperazine rings is 1. The molecule has 0 saturated carbocycles. The number of nitrogens with zero attached hydrogens (tertiary/aromatic N) is 4. The second-order valence-electron chi connectivity index (χ2n) is 4.74. The molecule has 6 nitrogen and oxygen atoms in total. The first-order valence-electron chi connectivity index (χ1n) is 5.53. The summed E-state index contributed by atoms with van der Waals surface area (Å²) in [4.78, 5) is 24.0. The van der Waals surface area contributed by atoms with Crippen LogP contribution in [0, 0.1) is 0 Å². The van der Waals surface area contributed by atoms with E-state index in [4.69, 9.17) is 5.73 Å². The first-order valence-corrected chi connectivity index (χ1v) is 5.53. The van der Waals surface area contributed by atoms with Crippen LogP contribution in [-0.4, -0.2) is 46.5 Å². The van der Waals surface area contributed by atoms with Crippen molar-refractivity contribution in [3.63, 3.8) is 0 Å². The lowest BCUT2D eigenvalue weighted by Crippen LogP contribution is -2.62. The van der Waals surface area contributed by atoms with E-state index >= 15 is 0 Å². The highest BCUT2D eigenvalue weighted by atomic mass is 16.2. The van der Waals surface area contributed by atoms with E-state index in [1.807, 2.05) is 25.8 Å². The number of carbonyl (C=O) groups is 1. The number of amides is 1. The SMILES string of the molecule is CN1CCN(c2cncc(N)n2)C(C)(C)C1=O. The van der Waals surface area contributed by atoms with Crippen molar-refractivity contribution in [3.8, 4) is 0 Å². The minimum Gasteiger partial charge on any atom is -0.382 e. The number of hydrogen-bond acceptors (Lipinski definition) is 5. The molecule has 0 aromatic carbocycles. The first kappa shape index (κ1) is 11.6. The van der Waals surface area contributed by atoms with Crippen LogP contribution in [-0.2, 0) is 4.79 Å². The second-order valence-corrected chi connectivity index (χ2v) is 4.74. The zero-order valence-corrected chi connectivity index (χ0v) is 10.3. The van der Waals surface area contributed by atoms with Crippen LogP contribution in [0.4, 0.5) is 11.6 Å². The Morgan fingerprint density at radius 3 is 2.71 bits per heavy atom. The third-order valence-corrected chi connectivity index (χ3v) is 3.12. The number of rotatable bonds is 1. The summed E-state index contributed by atoms with van der Waals surface area (Å²) in [5.41, 5.74) is 5.00. The van der Waals surface area contributed by atoms with Gasteiger partial charge in [0, 0.05) is 20.1 Å². The lowest BCUT2D eigenvalue weighted by molar-refractivity contribution is -0.136. The van der Waals surface area contributed by atoms with E-state index in [9.17, 15) is 4.79 Å². The maximum atomic E-state index is 12.1. The first-order chi connectivity index (χ1) is 7.93. The highest BCUT2D eigenvalue weighted by Gasteiger charge is 2.41. The summed E-state index contributed by atoms with van der Waals surface area (Å²) in [5, 5.41) is 0. The third kappa shape index (κ3) is 1.90. The Hall–Kier alpha value is -1.85. The van der Waals surface area contributed by atoms with Crippen molar-refractivity contribution in [3.05, 3.63) is 12.4 Å². The van der Waals surface area contributed by atoms with Crippen LogP contribution in [0.15, 0.2) is 12.4 Å². The van der Waals surface area contributed by atoms with Gasteiger partial charge in [0.05, 0.1) is 12.4 Å². The molecule has 0 atom stereocenters. The number of aromatic nitrogens is 2. The largest absolute Gasteiger partial charge is 0.382 e. The van der Waals surface area contributed by atoms with E-state index in [2.05, 4.69) is 9.97 Å². The summed E-state index contributed by atoms with van der Waals surface area (Å²) < 4.78 is 0. The predicted molar refractivity (Wildman–Crippen MR) is 65.5 cm³/mol. The van der Waals surface area contributed by atoms with Gasteiger partial charge in [-0.1, -0.05) is 0 Å². The molecule has 1 aliphatic heterocycles. The molecule has 0 aliphatic carbocycles. The van der Waals surface area contributed by atoms with Crippen molar-refractivity contribution in [2.24, 2.45) is 0 Å². The number of likely N-dealkylation sites (N-methyl/N-ethyl adjacent to an activating group) is 1. The van der Waals surface area contributed by atoms with Gasteiger partial charge >= 0.3 is 0 Å². The van der Waals surface area contributed by atoms with Gasteiger partial charge in [0.15, 0.2) is 0 Å². The van der Waals surface area contributed by atoms with Gasteiger partial charge in [-0.2, -0.15) is 0 Å². The number of nitrogen functional groups attached to an aromatic ring is 1. The monoisotopic (exact) mass is 235 g/mol. The van der Waals surface area contributed by atoms with Crippen LogP contribution in [0.2, 0.25) is 0 Å². The van der Waals surface area contributed by atoms with E-state index in [1.54, 1.807) is 11.1 Å². The molecule has 17 heavy (non-hydrogen) atoms. The Morgan fingerprint density at radius 1 is 1.35 bits per heavy atom. The minimum absolute atomic E-state index is 0.0768. The smallest absolute Gasteiger partial charge is 0.247 e. The predicted octanol–water partition coefficient (Wildman–Crippen LogP) is 0.116. The molecule has 2 rings (SSSR count). The molecule has 0 bridgehead atoms. The van der Waals surface area contributed by atoms with Crippen molar-refractivity contribution in [1.29, 1.82) is 0 Å². The average molecular weight is 235 g/mol. The van der Waals surface area contributed by atoms with Gasteiger partial charge in [-0.15, -0.1) is 0 Å². The molecule has 6 heteroatoms. The van der Waals surface area contributed by atoms with Crippen molar-refractivity contribution in [2.45, 2.75) is 19.4 Å². The molecule has 1 aromatic rings. The van der Waals surface area contributed by atoms with Crippen LogP contribution < -0.4 is 10.6 Å². The van der Waals surface area contributed by atoms with Gasteiger partial charge in [0.25, 0.3) is 0 Å². The average Bonchev–Trinajstić information content (AvgIpc) is 2.26. The number of carbonyl (C=O) groups excluding carboxylic acids is 1. The quantitative estimate of drug-likeness (QED) is 0.748. The maximum Gasteiger partial charge on any atom is 0.247 e. The minimum atomic E-state index is -0.616. The maximum absolute atomic E-state index is 12.1. The summed E-state index contributed by atoms with van der Waals surface area (Å²) in [7, 11) is 1.81. The Bertz CT molecular complexity index is 445. The number of nitrogens with two attached hydrogens (primary N) is 1. The highest BCUT2D eigenvalue weighted by molar-refractivity contribution is 5.90. The van der Waals surface area contributed by atoms with Crippen LogP contribution in [0.25, 0.3) is 0 Å². The Labute approximate surface area is 100 Å². The zero-order chi connectivity index (χ0) is 12.6. The molecule has 1 aliphatic rings. The van der Waals surface area contributed by atoms with Crippen molar-refractivity contribution < 1.29 is 4.79 Å². The standard InChI is InChI=1S/C11H17N5O/c1-11(2)10(17)15(3)4-5-16(11)9-7-13-6-8(12)14-9/h6-7H,4-5H2,1-3H3,(H2,12,14). The van der Waals surface area contributed by atoms with E-state index in [-0.39, 0.29) is 5.91 Å². The van der Waals surface area contributed by atoms with Gasteiger partial charge in [-0.3, -0.25) is 9.78 Å². The van der Waals surface area contributed by atoms with Crippen LogP contribution in [0.3, 0.4) is 0 Å². The van der Waals surface area contributed by atoms with Gasteiger partial charge in [-0.25, -0.2) is 4.98 Å². The lowest BCUT2D eigenvalue weighted by atomic mass is 9.98. The molecule has 92 valence electrons. The van der Waals surface area contributed by atoms with Crippen molar-refractivity contribution in [2.75, 3.05) is 30.8 Å². The summed E-state index contributed by atoms with van der Waals surface area (Å²) in [6, 6.07) is 0. The number of anilines is 2. The Morgan fingerprint density at radius 2 is 2.06 bits per heavy atom. The molecule has 0 radical (unpaired) electrons. The zero-order valence-electron chi connectivity index (χ0n) is 10.3. The molecule has 0 spiro atoms. The summed E-state index contributed by atoms with van der Waals surface area (Å²) in [5.74, 6) is 1.09. The Kier molecular flexibility index (Phi) is 2.65. The fourth-order valence-corrected chi connectivity index (χ4v) is 2.11. The van der Waals surface area contributed by atoms with Gasteiger partial charge in [-0.05, 0) is 13.8 Å². The molecule has 1 aromatic heterocycles. The third-order valence-electron chi connectivity index (χ3n) is 3.12. The molecule has 1 amide bonds. The van der Waals surface area contributed by atoms with E-state index in [1.165, 1.54) is 6.20 Å². The summed E-state index contributed by atoms with van der Waals surface area (Å²) in [6.45, 7) is 5.18. The normalized spacial score (nSPS) is 19.6. The van der Waals surface area contributed by atoms with Crippen LogP contribution >= 0.6 is 0 Å². The fraction of sp³-hybridized carbons (Fsp3) is 0.545. The molecule has 2 heterocycles. The van der Waals surface area contributed by atoms with Gasteiger partial charge in [0.2, 0.25) is 5.91 Å². The molecule has 2 N–H and O–H groups in total. The van der Waals surface area contributed by atoms with Crippen molar-refractivity contribution >= 4 is 17.5 Å².